The van der Waals surface area contributed by atoms with Crippen LogP contribution in [0.5, 0.6) is 5.88 Å². The molecule has 1 saturated carbocycles. The van der Waals surface area contributed by atoms with Crippen molar-refractivity contribution < 1.29 is 31.1 Å². The maximum absolute atomic E-state index is 13.2. The number of para-hydroxylation sites is 1. The molecule has 0 spiro atoms. The fourth-order valence-electron chi connectivity index (χ4n) is 3.67. The van der Waals surface area contributed by atoms with Crippen LogP contribution in [0.25, 0.3) is 10.9 Å². The van der Waals surface area contributed by atoms with E-state index in [0.717, 1.165) is 6.07 Å². The number of halogens is 3. The number of alkyl halides is 3. The molecule has 0 unspecified atom stereocenters. The van der Waals surface area contributed by atoms with Crippen LogP contribution in [0.1, 0.15) is 24.0 Å². The van der Waals surface area contributed by atoms with Gasteiger partial charge >= 0.3 is 6.18 Å². The number of rotatable bonds is 5. The summed E-state index contributed by atoms with van der Waals surface area (Å²) in [6.45, 7) is 0. The predicted octanol–water partition coefficient (Wildman–Crippen LogP) is 3.14. The van der Waals surface area contributed by atoms with Crippen molar-refractivity contribution in [3.63, 3.8) is 0 Å². The molecule has 0 aliphatic heterocycles. The first kappa shape index (κ1) is 21.2. The highest BCUT2D eigenvalue weighted by Crippen LogP contribution is 2.52. The van der Waals surface area contributed by atoms with Crippen molar-refractivity contribution in [1.82, 2.24) is 14.3 Å². The number of carbonyl (C=O) groups is 1. The lowest BCUT2D eigenvalue weighted by Gasteiger charge is -2.19. The number of hydrogen-bond acceptors (Lipinski definition) is 5. The average molecular weight is 453 g/mol. The monoisotopic (exact) mass is 453 g/mol. The van der Waals surface area contributed by atoms with Gasteiger partial charge in [0.15, 0.2) is 0 Å². The second kappa shape index (κ2) is 6.98. The molecule has 0 bridgehead atoms. The molecule has 11 heteroatoms. The van der Waals surface area contributed by atoms with Gasteiger partial charge in [-0.2, -0.15) is 13.2 Å². The molecule has 2 heterocycles. The van der Waals surface area contributed by atoms with Crippen LogP contribution in [0.4, 0.5) is 13.2 Å². The summed E-state index contributed by atoms with van der Waals surface area (Å²) in [4.78, 5) is 16.6. The Bertz CT molecular complexity index is 1290. The van der Waals surface area contributed by atoms with Gasteiger partial charge in [-0.3, -0.25) is 4.79 Å². The lowest BCUT2D eigenvalue weighted by molar-refractivity contribution is -0.138. The van der Waals surface area contributed by atoms with Crippen molar-refractivity contribution in [2.24, 2.45) is 7.05 Å². The quantitative estimate of drug-likeness (QED) is 0.641. The van der Waals surface area contributed by atoms with E-state index in [1.54, 1.807) is 36.0 Å². The van der Waals surface area contributed by atoms with E-state index in [-0.39, 0.29) is 29.2 Å². The zero-order chi connectivity index (χ0) is 22.6. The topological polar surface area (TPSA) is 90.3 Å². The van der Waals surface area contributed by atoms with E-state index in [1.807, 2.05) is 4.72 Å². The van der Waals surface area contributed by atoms with Crippen LogP contribution in [0, 0.1) is 0 Å². The van der Waals surface area contributed by atoms with E-state index in [4.69, 9.17) is 4.74 Å². The number of ether oxygens (including phenoxy) is 1. The zero-order valence-electron chi connectivity index (χ0n) is 16.5. The van der Waals surface area contributed by atoms with Gasteiger partial charge < -0.3 is 9.30 Å². The number of benzene rings is 1. The Kier molecular flexibility index (Phi) is 4.76. The molecule has 1 N–H and O–H groups in total. The summed E-state index contributed by atoms with van der Waals surface area (Å²) in [5, 5.41) is 0.669. The van der Waals surface area contributed by atoms with Crippen LogP contribution in [0.3, 0.4) is 0 Å². The Morgan fingerprint density at radius 1 is 1.26 bits per heavy atom. The Morgan fingerprint density at radius 3 is 2.58 bits per heavy atom. The number of fused-ring (bicyclic) bond motifs is 1. The number of methoxy groups -OCH3 is 1. The van der Waals surface area contributed by atoms with Crippen molar-refractivity contribution in [3.05, 3.63) is 53.9 Å². The largest absolute Gasteiger partial charge is 0.481 e. The molecule has 1 aromatic carbocycles. The Morgan fingerprint density at radius 2 is 1.97 bits per heavy atom. The molecular weight excluding hydrogens is 435 g/mol. The minimum Gasteiger partial charge on any atom is -0.481 e. The lowest BCUT2D eigenvalue weighted by Crippen LogP contribution is -2.39. The lowest BCUT2D eigenvalue weighted by atomic mass is 9.95. The number of carbonyl (C=O) groups excluding carboxylic acids is 1. The van der Waals surface area contributed by atoms with E-state index in [1.165, 1.54) is 13.2 Å². The van der Waals surface area contributed by atoms with Gasteiger partial charge in [-0.1, -0.05) is 12.1 Å². The van der Waals surface area contributed by atoms with E-state index < -0.39 is 33.1 Å². The molecule has 1 aliphatic carbocycles. The highest BCUT2D eigenvalue weighted by Gasteiger charge is 2.55. The van der Waals surface area contributed by atoms with E-state index in [2.05, 4.69) is 4.98 Å². The summed E-state index contributed by atoms with van der Waals surface area (Å²) < 4.78 is 74.3. The van der Waals surface area contributed by atoms with Gasteiger partial charge in [0.05, 0.1) is 23.6 Å². The number of nitrogens with one attached hydrogen (secondary N) is 1. The molecule has 0 saturated heterocycles. The highest BCUT2D eigenvalue weighted by atomic mass is 32.2. The Hall–Kier alpha value is -3.08. The van der Waals surface area contributed by atoms with E-state index in [9.17, 15) is 26.4 Å². The molecule has 7 nitrogen and oxygen atoms in total. The smallest absolute Gasteiger partial charge is 0.417 e. The highest BCUT2D eigenvalue weighted by molar-refractivity contribution is 7.90. The molecular formula is C20H18F3N3O4S. The molecule has 31 heavy (non-hydrogen) atoms. The molecule has 0 atom stereocenters. The number of sulfonamides is 1. The number of nitrogens with zero attached hydrogens (tertiary/aromatic N) is 2. The maximum Gasteiger partial charge on any atom is 0.417 e. The predicted molar refractivity (Wildman–Crippen MR) is 105 cm³/mol. The fraction of sp³-hybridized carbons (Fsp3) is 0.300. The molecule has 1 amide bonds. The van der Waals surface area contributed by atoms with Crippen molar-refractivity contribution in [1.29, 1.82) is 0 Å². The van der Waals surface area contributed by atoms with Gasteiger partial charge in [-0.25, -0.2) is 18.1 Å². The minimum atomic E-state index is -4.67. The van der Waals surface area contributed by atoms with Crippen molar-refractivity contribution >= 4 is 26.8 Å². The third-order valence-electron chi connectivity index (χ3n) is 5.45. The number of amides is 1. The summed E-state index contributed by atoms with van der Waals surface area (Å²) in [5.41, 5.74) is -2.19. The second-order valence-electron chi connectivity index (χ2n) is 7.42. The summed E-state index contributed by atoms with van der Waals surface area (Å²) in [5.74, 6) is -1.07. The molecule has 164 valence electrons. The first-order valence-corrected chi connectivity index (χ1v) is 10.7. The Labute approximate surface area is 175 Å². The van der Waals surface area contributed by atoms with Crippen LogP contribution in [-0.2, 0) is 33.5 Å². The molecule has 1 fully saturated rings. The van der Waals surface area contributed by atoms with Gasteiger partial charge in [0.25, 0.3) is 10.0 Å². The molecule has 0 radical (unpaired) electrons. The minimum absolute atomic E-state index is 0.0883. The summed E-state index contributed by atoms with van der Waals surface area (Å²) in [7, 11) is -1.40. The normalized spacial score (nSPS) is 15.6. The van der Waals surface area contributed by atoms with Gasteiger partial charge in [0, 0.05) is 30.4 Å². The standard InChI is InChI=1S/C20H18F3N3O4S/c1-26-9-6-12-4-3-5-15(16(12)26)31(28,29)25-18(27)19(7-8-19)14-10-13(20(21,22)23)11-24-17(14)30-2/h3-6,9-11H,7-8H2,1-2H3,(H,25,27). The summed E-state index contributed by atoms with van der Waals surface area (Å²) >= 11 is 0. The summed E-state index contributed by atoms with van der Waals surface area (Å²) in [6, 6.07) is 7.18. The first-order chi connectivity index (χ1) is 14.5. The van der Waals surface area contributed by atoms with Crippen LogP contribution >= 0.6 is 0 Å². The molecule has 4 rings (SSSR count). The number of aromatic nitrogens is 2. The third-order valence-corrected chi connectivity index (χ3v) is 6.81. The molecule has 2 aromatic heterocycles. The van der Waals surface area contributed by atoms with E-state index in [0.29, 0.717) is 17.1 Å². The van der Waals surface area contributed by atoms with Crippen LogP contribution in [-0.4, -0.2) is 31.0 Å². The van der Waals surface area contributed by atoms with E-state index >= 15 is 0 Å². The third kappa shape index (κ3) is 3.52. The SMILES string of the molecule is COc1ncc(C(F)(F)F)cc1C1(C(=O)NS(=O)(=O)c2cccc3ccn(C)c23)CC1. The van der Waals surface area contributed by atoms with Crippen LogP contribution in [0.15, 0.2) is 47.6 Å². The fourth-order valence-corrected chi connectivity index (χ4v) is 4.99. The van der Waals surface area contributed by atoms with Crippen LogP contribution in [0.2, 0.25) is 0 Å². The number of hydrogen-bond donors (Lipinski definition) is 1. The van der Waals surface area contributed by atoms with Crippen LogP contribution < -0.4 is 9.46 Å². The van der Waals surface area contributed by atoms with Crippen molar-refractivity contribution in [3.8, 4) is 5.88 Å². The molecule has 3 aromatic rings. The first-order valence-electron chi connectivity index (χ1n) is 9.23. The Balaban J connectivity index is 1.73. The number of pyridine rings is 1. The van der Waals surface area contributed by atoms with Gasteiger partial charge in [0.1, 0.15) is 4.90 Å². The van der Waals surface area contributed by atoms with Gasteiger partial charge in [0.2, 0.25) is 11.8 Å². The van der Waals surface area contributed by atoms with Gasteiger partial charge in [-0.05, 0) is 31.0 Å². The second-order valence-corrected chi connectivity index (χ2v) is 9.07. The van der Waals surface area contributed by atoms with Crippen molar-refractivity contribution in [2.75, 3.05) is 7.11 Å². The number of aryl methyl sites for hydroxylation is 1. The average Bonchev–Trinajstić information content (AvgIpc) is 3.44. The molecule has 1 aliphatic rings. The maximum atomic E-state index is 13.2. The summed E-state index contributed by atoms with van der Waals surface area (Å²) in [6.07, 6.45) is -2.03. The van der Waals surface area contributed by atoms with Gasteiger partial charge in [-0.15, -0.1) is 0 Å². The van der Waals surface area contributed by atoms with Crippen molar-refractivity contribution in [2.45, 2.75) is 29.3 Å². The zero-order valence-corrected chi connectivity index (χ0v) is 17.3.